The standard InChI is InChI=1S/C28H30N2O3/c31-18-29-25-14-10-21(11-15-25)27(22-12-16-26(17-13-22)30-19-32)20-6-8-24(9-7-20)28(33)23-4-2-1-3-5-23/h1-9,21-22,25-27H,10-17H2. The maximum Gasteiger partial charge on any atom is 0.235 e. The van der Waals surface area contributed by atoms with Gasteiger partial charge >= 0.3 is 0 Å². The Bertz CT molecular complexity index is 983. The lowest BCUT2D eigenvalue weighted by Crippen LogP contribution is -2.30. The molecule has 0 spiro atoms. The topological polar surface area (TPSA) is 75.9 Å². The number of carbonyl (C=O) groups excluding carboxylic acids is 3. The van der Waals surface area contributed by atoms with Gasteiger partial charge in [-0.05, 0) is 74.7 Å². The predicted octanol–water partition coefficient (Wildman–Crippen LogP) is 5.79. The molecular formula is C28H30N2O3. The molecule has 0 unspecified atom stereocenters. The smallest absolute Gasteiger partial charge is 0.235 e. The van der Waals surface area contributed by atoms with Crippen molar-refractivity contribution in [3.8, 4) is 0 Å². The number of isocyanates is 2. The van der Waals surface area contributed by atoms with Crippen LogP contribution in [0.2, 0.25) is 0 Å². The van der Waals surface area contributed by atoms with Gasteiger partial charge in [-0.1, -0.05) is 54.6 Å². The van der Waals surface area contributed by atoms with E-state index in [2.05, 4.69) is 22.1 Å². The summed E-state index contributed by atoms with van der Waals surface area (Å²) in [6, 6.07) is 17.8. The van der Waals surface area contributed by atoms with Crippen molar-refractivity contribution in [2.24, 2.45) is 21.8 Å². The SMILES string of the molecule is O=C=NC1CCC(C(c2ccc(C(=O)c3ccccc3)cc2)C2CCC(N=C=O)CC2)CC1. The van der Waals surface area contributed by atoms with Crippen molar-refractivity contribution < 1.29 is 14.4 Å². The predicted molar refractivity (Wildman–Crippen MR) is 127 cm³/mol. The largest absolute Gasteiger partial charge is 0.289 e. The molecule has 2 aliphatic rings. The maximum atomic E-state index is 12.8. The van der Waals surface area contributed by atoms with E-state index >= 15 is 0 Å². The fourth-order valence-corrected chi connectivity index (χ4v) is 5.87. The molecule has 5 heteroatoms. The number of nitrogens with zero attached hydrogens (tertiary/aromatic N) is 2. The van der Waals surface area contributed by atoms with Gasteiger partial charge in [0.1, 0.15) is 0 Å². The molecule has 4 rings (SSSR count). The minimum absolute atomic E-state index is 0.0400. The van der Waals surface area contributed by atoms with Crippen molar-refractivity contribution in [3.63, 3.8) is 0 Å². The summed E-state index contributed by atoms with van der Waals surface area (Å²) in [4.78, 5) is 42.1. The molecule has 0 N–H and O–H groups in total. The van der Waals surface area contributed by atoms with Gasteiger partial charge in [0.2, 0.25) is 12.2 Å². The molecule has 0 amide bonds. The fourth-order valence-electron chi connectivity index (χ4n) is 5.87. The molecule has 2 aromatic rings. The number of hydrogen-bond donors (Lipinski definition) is 0. The van der Waals surface area contributed by atoms with E-state index in [1.807, 2.05) is 42.5 Å². The summed E-state index contributed by atoms with van der Waals surface area (Å²) in [7, 11) is 0. The third kappa shape index (κ3) is 5.63. The molecule has 0 aliphatic heterocycles. The lowest BCUT2D eigenvalue weighted by Gasteiger charge is -2.40. The van der Waals surface area contributed by atoms with E-state index in [0.29, 0.717) is 28.9 Å². The molecule has 0 saturated heterocycles. The van der Waals surface area contributed by atoms with E-state index in [9.17, 15) is 14.4 Å². The van der Waals surface area contributed by atoms with Crippen molar-refractivity contribution in [1.29, 1.82) is 0 Å². The Kier molecular flexibility index (Phi) is 7.78. The third-order valence-electron chi connectivity index (χ3n) is 7.56. The van der Waals surface area contributed by atoms with Gasteiger partial charge in [-0.15, -0.1) is 0 Å². The van der Waals surface area contributed by atoms with Gasteiger partial charge in [-0.25, -0.2) is 19.6 Å². The number of hydrogen-bond acceptors (Lipinski definition) is 5. The third-order valence-corrected chi connectivity index (χ3v) is 7.56. The van der Waals surface area contributed by atoms with Crippen molar-refractivity contribution in [2.45, 2.75) is 69.4 Å². The summed E-state index contributed by atoms with van der Waals surface area (Å²) in [6.45, 7) is 0. The Labute approximate surface area is 195 Å². The normalized spacial score (nSPS) is 25.8. The van der Waals surface area contributed by atoms with Crippen molar-refractivity contribution in [2.75, 3.05) is 0 Å². The lowest BCUT2D eigenvalue weighted by atomic mass is 9.66. The zero-order chi connectivity index (χ0) is 23.0. The molecule has 2 fully saturated rings. The number of aliphatic imine (C=N–C) groups is 2. The second-order valence-electron chi connectivity index (χ2n) is 9.42. The molecule has 0 bridgehead atoms. The van der Waals surface area contributed by atoms with Crippen LogP contribution in [0.4, 0.5) is 0 Å². The second kappa shape index (κ2) is 11.1. The van der Waals surface area contributed by atoms with Crippen LogP contribution in [0.5, 0.6) is 0 Å². The highest BCUT2D eigenvalue weighted by Crippen LogP contribution is 2.46. The van der Waals surface area contributed by atoms with Crippen molar-refractivity contribution in [3.05, 3.63) is 71.3 Å². The van der Waals surface area contributed by atoms with E-state index in [-0.39, 0.29) is 17.9 Å². The molecule has 2 aliphatic carbocycles. The summed E-state index contributed by atoms with van der Waals surface area (Å²) < 4.78 is 0. The number of carbonyl (C=O) groups is 1. The summed E-state index contributed by atoms with van der Waals surface area (Å²) in [5, 5.41) is 0. The van der Waals surface area contributed by atoms with Crippen LogP contribution in [0.3, 0.4) is 0 Å². The second-order valence-corrected chi connectivity index (χ2v) is 9.42. The average Bonchev–Trinajstić information content (AvgIpc) is 2.87. The van der Waals surface area contributed by atoms with Crippen LogP contribution in [-0.4, -0.2) is 30.0 Å². The monoisotopic (exact) mass is 442 g/mol. The molecule has 2 saturated carbocycles. The van der Waals surface area contributed by atoms with Crippen LogP contribution in [0, 0.1) is 11.8 Å². The van der Waals surface area contributed by atoms with Crippen LogP contribution in [0.25, 0.3) is 0 Å². The molecule has 33 heavy (non-hydrogen) atoms. The molecule has 0 atom stereocenters. The summed E-state index contributed by atoms with van der Waals surface area (Å²) in [6.07, 6.45) is 11.3. The van der Waals surface area contributed by atoms with E-state index in [1.165, 1.54) is 5.56 Å². The Morgan fingerprint density at radius 2 is 1.12 bits per heavy atom. The zero-order valence-electron chi connectivity index (χ0n) is 18.9. The van der Waals surface area contributed by atoms with Crippen molar-refractivity contribution in [1.82, 2.24) is 0 Å². The van der Waals surface area contributed by atoms with Crippen LogP contribution >= 0.6 is 0 Å². The average molecular weight is 443 g/mol. The molecule has 170 valence electrons. The Morgan fingerprint density at radius 3 is 1.58 bits per heavy atom. The maximum absolute atomic E-state index is 12.8. The van der Waals surface area contributed by atoms with Gasteiger partial charge in [0.15, 0.2) is 5.78 Å². The van der Waals surface area contributed by atoms with Gasteiger partial charge in [0, 0.05) is 11.1 Å². The lowest BCUT2D eigenvalue weighted by molar-refractivity contribution is 0.103. The first kappa shape index (κ1) is 23.0. The first-order chi connectivity index (χ1) is 16.2. The van der Waals surface area contributed by atoms with E-state index < -0.39 is 0 Å². The Morgan fingerprint density at radius 1 is 0.667 bits per heavy atom. The minimum atomic E-state index is 0.0400. The van der Waals surface area contributed by atoms with Crippen molar-refractivity contribution >= 4 is 17.9 Å². The highest BCUT2D eigenvalue weighted by Gasteiger charge is 2.36. The Hall–Kier alpha value is -3.13. The summed E-state index contributed by atoms with van der Waals surface area (Å²) >= 11 is 0. The Balaban J connectivity index is 1.54. The van der Waals surface area contributed by atoms with Gasteiger partial charge < -0.3 is 0 Å². The van der Waals surface area contributed by atoms with Gasteiger partial charge in [-0.3, -0.25) is 4.79 Å². The van der Waals surface area contributed by atoms with Gasteiger partial charge in [0.05, 0.1) is 12.1 Å². The van der Waals surface area contributed by atoms with E-state index in [4.69, 9.17) is 0 Å². The molecule has 0 aromatic heterocycles. The number of ketones is 1. The van der Waals surface area contributed by atoms with Crippen LogP contribution < -0.4 is 0 Å². The zero-order valence-corrected chi connectivity index (χ0v) is 18.9. The van der Waals surface area contributed by atoms with Crippen LogP contribution in [0.1, 0.15) is 78.8 Å². The fraction of sp³-hybridized carbons (Fsp3) is 0.464. The molecule has 5 nitrogen and oxygen atoms in total. The summed E-state index contributed by atoms with van der Waals surface area (Å²) in [5.41, 5.74) is 2.69. The van der Waals surface area contributed by atoms with Crippen LogP contribution in [0.15, 0.2) is 64.6 Å². The van der Waals surface area contributed by atoms with Gasteiger partial charge in [0.25, 0.3) is 0 Å². The van der Waals surface area contributed by atoms with Gasteiger partial charge in [-0.2, -0.15) is 0 Å². The number of benzene rings is 2. The van der Waals surface area contributed by atoms with E-state index in [0.717, 1.165) is 51.4 Å². The first-order valence-corrected chi connectivity index (χ1v) is 12.0. The molecule has 0 radical (unpaired) electrons. The molecule has 0 heterocycles. The number of rotatable bonds is 7. The first-order valence-electron chi connectivity index (χ1n) is 12.0. The molecule has 2 aromatic carbocycles. The molecular weight excluding hydrogens is 412 g/mol. The quantitative estimate of drug-likeness (QED) is 0.309. The minimum Gasteiger partial charge on any atom is -0.289 e. The highest BCUT2D eigenvalue weighted by molar-refractivity contribution is 6.08. The van der Waals surface area contributed by atoms with Crippen LogP contribution in [-0.2, 0) is 9.59 Å². The highest BCUT2D eigenvalue weighted by atomic mass is 16.1. The summed E-state index contributed by atoms with van der Waals surface area (Å²) in [5.74, 6) is 1.48. The van der Waals surface area contributed by atoms with E-state index in [1.54, 1.807) is 12.2 Å².